The van der Waals surface area contributed by atoms with Gasteiger partial charge in [0, 0.05) is 26.9 Å². The van der Waals surface area contributed by atoms with Gasteiger partial charge in [-0.2, -0.15) is 0 Å². The van der Waals surface area contributed by atoms with E-state index in [2.05, 4.69) is 37.5 Å². The number of carbonyl (C=O) groups excluding carboxylic acids is 2. The predicted octanol–water partition coefficient (Wildman–Crippen LogP) is 15.0. The Morgan fingerprint density at radius 2 is 0.895 bits per heavy atom. The molecule has 0 spiro atoms. The minimum absolute atomic E-state index is 0.0122. The van der Waals surface area contributed by atoms with Crippen LogP contribution in [-0.2, 0) is 19.1 Å². The van der Waals surface area contributed by atoms with Crippen molar-refractivity contribution in [3.63, 3.8) is 0 Å². The van der Waals surface area contributed by atoms with Crippen LogP contribution in [-0.4, -0.2) is 73.2 Å². The fraction of sp³-hybridized carbons (Fsp3) is 0.940. The standard InChI is InChI=1S/C50H98N2O4S/c1-7-10-12-14-16-24-35-45-55-49(53)40-29-20-17-22-32-42-52(44-34-31-39-48(57)51(5)6)43-33-23-18-21-30-41-50(54)56-47(37-27-19-15-13-11-8-2)38-28-25-26-36-46(4)9-3/h46-47H,7-45H2,1-6H3. The normalized spacial score (nSPS) is 12.5. The van der Waals surface area contributed by atoms with Gasteiger partial charge in [0.15, 0.2) is 0 Å². The molecule has 0 bridgehead atoms. The molecule has 0 aliphatic heterocycles. The highest BCUT2D eigenvalue weighted by Crippen LogP contribution is 2.20. The SMILES string of the molecule is CCCCCCCCCOC(=O)CCCCCCCN(CCCCCCCC(=O)OC(CCCCCCCC)CCCCCC(C)CC)CCCCC(=S)N(C)C. The summed E-state index contributed by atoms with van der Waals surface area (Å²) < 4.78 is 11.6. The molecule has 338 valence electrons. The van der Waals surface area contributed by atoms with E-state index in [4.69, 9.17) is 21.7 Å². The van der Waals surface area contributed by atoms with Gasteiger partial charge >= 0.3 is 11.9 Å². The first-order chi connectivity index (χ1) is 27.7. The second kappa shape index (κ2) is 42.9. The van der Waals surface area contributed by atoms with Crippen LogP contribution >= 0.6 is 12.2 Å². The lowest BCUT2D eigenvalue weighted by Crippen LogP contribution is -2.27. The molecule has 7 heteroatoms. The second-order valence-electron chi connectivity index (χ2n) is 17.8. The summed E-state index contributed by atoms with van der Waals surface area (Å²) >= 11 is 5.52. The van der Waals surface area contributed by atoms with Crippen LogP contribution in [0.2, 0.25) is 0 Å². The fourth-order valence-corrected chi connectivity index (χ4v) is 7.81. The summed E-state index contributed by atoms with van der Waals surface area (Å²) in [6, 6.07) is 0. The van der Waals surface area contributed by atoms with Crippen LogP contribution in [0.4, 0.5) is 0 Å². The molecule has 0 radical (unpaired) electrons. The van der Waals surface area contributed by atoms with Crippen molar-refractivity contribution >= 4 is 29.1 Å². The molecule has 0 aromatic carbocycles. The molecular formula is C50H98N2O4S. The topological polar surface area (TPSA) is 59.1 Å². The van der Waals surface area contributed by atoms with Gasteiger partial charge in [0.25, 0.3) is 0 Å². The molecule has 2 atom stereocenters. The zero-order chi connectivity index (χ0) is 42.0. The number of rotatable bonds is 44. The van der Waals surface area contributed by atoms with Crippen molar-refractivity contribution in [3.8, 4) is 0 Å². The smallest absolute Gasteiger partial charge is 0.306 e. The van der Waals surface area contributed by atoms with Crippen LogP contribution in [0.3, 0.4) is 0 Å². The average Bonchev–Trinajstić information content (AvgIpc) is 3.19. The van der Waals surface area contributed by atoms with Crippen LogP contribution in [0.25, 0.3) is 0 Å². The van der Waals surface area contributed by atoms with Crippen molar-refractivity contribution in [2.45, 2.75) is 259 Å². The minimum atomic E-state index is -0.0122. The third-order valence-corrected chi connectivity index (χ3v) is 12.5. The van der Waals surface area contributed by atoms with Gasteiger partial charge in [-0.1, -0.05) is 175 Å². The zero-order valence-electron chi connectivity index (χ0n) is 39.2. The Morgan fingerprint density at radius 3 is 1.42 bits per heavy atom. The minimum Gasteiger partial charge on any atom is -0.466 e. The molecule has 0 fully saturated rings. The molecule has 0 amide bonds. The van der Waals surface area contributed by atoms with Crippen molar-refractivity contribution in [2.24, 2.45) is 5.92 Å². The van der Waals surface area contributed by atoms with E-state index in [0.717, 1.165) is 88.3 Å². The number of unbranched alkanes of at least 4 members (excludes halogenated alkanes) is 22. The summed E-state index contributed by atoms with van der Waals surface area (Å²) in [4.78, 5) is 30.8. The van der Waals surface area contributed by atoms with Gasteiger partial charge in [0.05, 0.1) is 11.6 Å². The van der Waals surface area contributed by atoms with Crippen molar-refractivity contribution in [1.29, 1.82) is 0 Å². The molecule has 0 aliphatic carbocycles. The lowest BCUT2D eigenvalue weighted by Gasteiger charge is -2.23. The van der Waals surface area contributed by atoms with E-state index in [1.165, 1.54) is 154 Å². The molecule has 0 aliphatic rings. The Hall–Kier alpha value is -1.21. The molecule has 0 heterocycles. The lowest BCUT2D eigenvalue weighted by molar-refractivity contribution is -0.150. The van der Waals surface area contributed by atoms with E-state index in [-0.39, 0.29) is 18.0 Å². The van der Waals surface area contributed by atoms with Gasteiger partial charge in [-0.25, -0.2) is 0 Å². The molecule has 0 aromatic rings. The number of nitrogens with zero attached hydrogens (tertiary/aromatic N) is 2. The van der Waals surface area contributed by atoms with Crippen LogP contribution in [0, 0.1) is 5.92 Å². The molecule has 2 unspecified atom stereocenters. The first-order valence-electron chi connectivity index (χ1n) is 25.0. The van der Waals surface area contributed by atoms with Gasteiger partial charge in [-0.15, -0.1) is 0 Å². The first kappa shape index (κ1) is 55.8. The highest BCUT2D eigenvalue weighted by atomic mass is 32.1. The maximum atomic E-state index is 12.9. The van der Waals surface area contributed by atoms with Crippen molar-refractivity contribution in [3.05, 3.63) is 0 Å². The second-order valence-corrected chi connectivity index (χ2v) is 18.3. The monoisotopic (exact) mass is 823 g/mol. The van der Waals surface area contributed by atoms with Crippen LogP contribution in [0.5, 0.6) is 0 Å². The number of ether oxygens (including phenoxy) is 2. The van der Waals surface area contributed by atoms with Crippen LogP contribution in [0.1, 0.15) is 252 Å². The summed E-state index contributed by atoms with van der Waals surface area (Å²) in [5, 5.41) is 0. The number of carbonyl (C=O) groups is 2. The largest absolute Gasteiger partial charge is 0.466 e. The van der Waals surface area contributed by atoms with Crippen LogP contribution in [0.15, 0.2) is 0 Å². The van der Waals surface area contributed by atoms with Gasteiger partial charge in [0.1, 0.15) is 6.10 Å². The van der Waals surface area contributed by atoms with Gasteiger partial charge in [0.2, 0.25) is 0 Å². The number of thiocarbonyl (C=S) groups is 1. The molecule has 0 N–H and O–H groups in total. The molecule has 57 heavy (non-hydrogen) atoms. The first-order valence-corrected chi connectivity index (χ1v) is 25.4. The van der Waals surface area contributed by atoms with Crippen LogP contribution < -0.4 is 0 Å². The molecular weight excluding hydrogens is 725 g/mol. The Bertz CT molecular complexity index is 900. The molecule has 0 rings (SSSR count). The zero-order valence-corrected chi connectivity index (χ0v) is 40.0. The Morgan fingerprint density at radius 1 is 0.491 bits per heavy atom. The number of esters is 2. The average molecular weight is 823 g/mol. The summed E-state index contributed by atoms with van der Waals surface area (Å²) in [5.74, 6) is 0.843. The van der Waals surface area contributed by atoms with Gasteiger partial charge in [-0.3, -0.25) is 9.59 Å². The van der Waals surface area contributed by atoms with Crippen molar-refractivity contribution in [2.75, 3.05) is 40.3 Å². The maximum absolute atomic E-state index is 12.9. The Kier molecular flexibility index (Phi) is 42.0. The number of hydrogen-bond donors (Lipinski definition) is 0. The molecule has 0 saturated carbocycles. The van der Waals surface area contributed by atoms with E-state index in [9.17, 15) is 9.59 Å². The fourth-order valence-electron chi connectivity index (χ4n) is 7.66. The lowest BCUT2D eigenvalue weighted by atomic mass is 9.98. The summed E-state index contributed by atoms with van der Waals surface area (Å²) in [7, 11) is 4.09. The highest BCUT2D eigenvalue weighted by molar-refractivity contribution is 7.80. The summed E-state index contributed by atoms with van der Waals surface area (Å²) in [6.45, 7) is 13.2. The van der Waals surface area contributed by atoms with Crippen molar-refractivity contribution in [1.82, 2.24) is 9.80 Å². The maximum Gasteiger partial charge on any atom is 0.306 e. The van der Waals surface area contributed by atoms with E-state index < -0.39 is 0 Å². The third-order valence-electron chi connectivity index (χ3n) is 11.9. The van der Waals surface area contributed by atoms with E-state index in [1.54, 1.807) is 0 Å². The molecule has 0 aromatic heterocycles. The summed E-state index contributed by atoms with van der Waals surface area (Å²) in [6.07, 6.45) is 40.8. The molecule has 0 saturated heterocycles. The Balaban J connectivity index is 4.39. The molecule has 6 nitrogen and oxygen atoms in total. The highest BCUT2D eigenvalue weighted by Gasteiger charge is 2.15. The summed E-state index contributed by atoms with van der Waals surface area (Å²) in [5.41, 5.74) is 0. The van der Waals surface area contributed by atoms with Gasteiger partial charge < -0.3 is 19.3 Å². The van der Waals surface area contributed by atoms with E-state index in [0.29, 0.717) is 19.4 Å². The predicted molar refractivity (Wildman–Crippen MR) is 251 cm³/mol. The van der Waals surface area contributed by atoms with Crippen molar-refractivity contribution < 1.29 is 19.1 Å². The third kappa shape index (κ3) is 40.0. The quantitative estimate of drug-likeness (QED) is 0.0345. The van der Waals surface area contributed by atoms with Gasteiger partial charge in [-0.05, 0) is 103 Å². The Labute approximate surface area is 361 Å². The van der Waals surface area contributed by atoms with E-state index in [1.807, 2.05) is 14.1 Å². The number of hydrogen-bond acceptors (Lipinski definition) is 6. The van der Waals surface area contributed by atoms with E-state index >= 15 is 0 Å².